The standard InChI is InChI=1S/C7H7N5/c1-12-7(5-10-11-12)6-4-8-2-3-9-6/h2-5H,1H3. The summed E-state index contributed by atoms with van der Waals surface area (Å²) in [6, 6.07) is 0. The summed E-state index contributed by atoms with van der Waals surface area (Å²) in [5.74, 6) is 0. The van der Waals surface area contributed by atoms with Gasteiger partial charge in [0.1, 0.15) is 11.4 Å². The van der Waals surface area contributed by atoms with Gasteiger partial charge in [-0.05, 0) is 0 Å². The quantitative estimate of drug-likeness (QED) is 0.602. The molecular formula is C7H7N5. The van der Waals surface area contributed by atoms with Gasteiger partial charge in [-0.25, -0.2) is 4.68 Å². The Bertz CT molecular complexity index is 366. The molecule has 0 amide bonds. The molecule has 0 aliphatic rings. The number of aryl methyl sites for hydroxylation is 1. The van der Waals surface area contributed by atoms with Crippen molar-refractivity contribution >= 4 is 0 Å². The molecule has 5 heteroatoms. The van der Waals surface area contributed by atoms with Crippen LogP contribution in [0.5, 0.6) is 0 Å². The molecule has 0 aliphatic heterocycles. The van der Waals surface area contributed by atoms with E-state index in [2.05, 4.69) is 20.3 Å². The zero-order valence-electron chi connectivity index (χ0n) is 6.55. The van der Waals surface area contributed by atoms with Gasteiger partial charge in [-0.3, -0.25) is 9.97 Å². The predicted octanol–water partition coefficient (Wildman–Crippen LogP) is 0.272. The second kappa shape index (κ2) is 2.69. The third-order valence-electron chi connectivity index (χ3n) is 1.54. The molecule has 2 rings (SSSR count). The summed E-state index contributed by atoms with van der Waals surface area (Å²) in [4.78, 5) is 8.07. The maximum atomic E-state index is 4.12. The van der Waals surface area contributed by atoms with E-state index in [0.29, 0.717) is 0 Å². The minimum Gasteiger partial charge on any atom is -0.261 e. The molecule has 0 saturated heterocycles. The van der Waals surface area contributed by atoms with E-state index in [1.165, 1.54) is 0 Å². The van der Waals surface area contributed by atoms with Crippen LogP contribution in [0.1, 0.15) is 0 Å². The van der Waals surface area contributed by atoms with E-state index in [9.17, 15) is 0 Å². The molecular weight excluding hydrogens is 154 g/mol. The lowest BCUT2D eigenvalue weighted by molar-refractivity contribution is 0.719. The molecule has 0 aromatic carbocycles. The molecule has 2 aromatic rings. The minimum atomic E-state index is 0.782. The lowest BCUT2D eigenvalue weighted by Gasteiger charge is -1.96. The summed E-state index contributed by atoms with van der Waals surface area (Å²) >= 11 is 0. The van der Waals surface area contributed by atoms with Crippen molar-refractivity contribution in [3.63, 3.8) is 0 Å². The van der Waals surface area contributed by atoms with Crippen LogP contribution in [0, 0.1) is 0 Å². The Hall–Kier alpha value is -1.78. The Morgan fingerprint density at radius 1 is 1.25 bits per heavy atom. The first-order valence-corrected chi connectivity index (χ1v) is 3.49. The molecule has 0 N–H and O–H groups in total. The van der Waals surface area contributed by atoms with E-state index < -0.39 is 0 Å². The molecule has 2 aromatic heterocycles. The molecule has 60 valence electrons. The highest BCUT2D eigenvalue weighted by Gasteiger charge is 2.02. The first-order chi connectivity index (χ1) is 5.88. The fourth-order valence-electron chi connectivity index (χ4n) is 0.953. The van der Waals surface area contributed by atoms with E-state index in [0.717, 1.165) is 11.4 Å². The number of hydrogen-bond acceptors (Lipinski definition) is 4. The van der Waals surface area contributed by atoms with Crippen molar-refractivity contribution in [2.75, 3.05) is 0 Å². The average molecular weight is 161 g/mol. The van der Waals surface area contributed by atoms with Crippen LogP contribution >= 0.6 is 0 Å². The van der Waals surface area contributed by atoms with Crippen LogP contribution in [0.2, 0.25) is 0 Å². The molecule has 0 saturated carbocycles. The van der Waals surface area contributed by atoms with E-state index in [-0.39, 0.29) is 0 Å². The molecule has 0 spiro atoms. The average Bonchev–Trinajstić information content (AvgIpc) is 2.53. The van der Waals surface area contributed by atoms with Crippen molar-refractivity contribution in [1.29, 1.82) is 0 Å². The summed E-state index contributed by atoms with van der Waals surface area (Å²) in [6.07, 6.45) is 6.61. The zero-order valence-corrected chi connectivity index (χ0v) is 6.55. The SMILES string of the molecule is Cn1nncc1-c1cnccn1. The van der Waals surface area contributed by atoms with Crippen LogP contribution in [-0.2, 0) is 7.05 Å². The third-order valence-corrected chi connectivity index (χ3v) is 1.54. The van der Waals surface area contributed by atoms with Crippen LogP contribution in [0.3, 0.4) is 0 Å². The van der Waals surface area contributed by atoms with Crippen LogP contribution in [-0.4, -0.2) is 25.0 Å². The van der Waals surface area contributed by atoms with Gasteiger partial charge in [-0.2, -0.15) is 0 Å². The number of rotatable bonds is 1. The van der Waals surface area contributed by atoms with Crippen LogP contribution in [0.4, 0.5) is 0 Å². The maximum Gasteiger partial charge on any atom is 0.108 e. The van der Waals surface area contributed by atoms with Crippen LogP contribution in [0.25, 0.3) is 11.4 Å². The highest BCUT2D eigenvalue weighted by atomic mass is 15.4. The monoisotopic (exact) mass is 161 g/mol. The molecule has 12 heavy (non-hydrogen) atoms. The molecule has 0 fully saturated rings. The van der Waals surface area contributed by atoms with Crippen molar-refractivity contribution in [3.05, 3.63) is 24.8 Å². The summed E-state index contributed by atoms with van der Waals surface area (Å²) in [7, 11) is 1.82. The van der Waals surface area contributed by atoms with Gasteiger partial charge in [-0.1, -0.05) is 5.21 Å². The molecule has 0 unspecified atom stereocenters. The van der Waals surface area contributed by atoms with Crippen molar-refractivity contribution in [2.45, 2.75) is 0 Å². The Kier molecular flexibility index (Phi) is 1.55. The highest BCUT2D eigenvalue weighted by molar-refractivity contribution is 5.50. The Morgan fingerprint density at radius 3 is 2.75 bits per heavy atom. The minimum absolute atomic E-state index is 0.782. The van der Waals surface area contributed by atoms with E-state index in [4.69, 9.17) is 0 Å². The van der Waals surface area contributed by atoms with Crippen molar-refractivity contribution in [1.82, 2.24) is 25.0 Å². The van der Waals surface area contributed by atoms with Gasteiger partial charge in [0, 0.05) is 19.4 Å². The van der Waals surface area contributed by atoms with Crippen molar-refractivity contribution in [3.8, 4) is 11.4 Å². The second-order valence-electron chi connectivity index (χ2n) is 2.33. The fourth-order valence-corrected chi connectivity index (χ4v) is 0.953. The van der Waals surface area contributed by atoms with Gasteiger partial charge in [0.25, 0.3) is 0 Å². The van der Waals surface area contributed by atoms with E-state index in [1.54, 1.807) is 29.5 Å². The topological polar surface area (TPSA) is 56.5 Å². The van der Waals surface area contributed by atoms with Gasteiger partial charge in [-0.15, -0.1) is 5.10 Å². The first kappa shape index (κ1) is 6.90. The van der Waals surface area contributed by atoms with Gasteiger partial charge in [0.15, 0.2) is 0 Å². The maximum absolute atomic E-state index is 4.12. The molecule has 2 heterocycles. The van der Waals surface area contributed by atoms with Gasteiger partial charge < -0.3 is 0 Å². The van der Waals surface area contributed by atoms with Crippen LogP contribution in [0.15, 0.2) is 24.8 Å². The molecule has 0 radical (unpaired) electrons. The molecule has 0 atom stereocenters. The fraction of sp³-hybridized carbons (Fsp3) is 0.143. The smallest absolute Gasteiger partial charge is 0.108 e. The molecule has 0 bridgehead atoms. The van der Waals surface area contributed by atoms with E-state index in [1.807, 2.05) is 7.05 Å². The molecule has 5 nitrogen and oxygen atoms in total. The Labute approximate surface area is 69.1 Å². The Balaban J connectivity index is 2.51. The lowest BCUT2D eigenvalue weighted by Crippen LogP contribution is -1.95. The van der Waals surface area contributed by atoms with Crippen LogP contribution < -0.4 is 0 Å². The van der Waals surface area contributed by atoms with Gasteiger partial charge in [0.2, 0.25) is 0 Å². The highest BCUT2D eigenvalue weighted by Crippen LogP contribution is 2.10. The second-order valence-corrected chi connectivity index (χ2v) is 2.33. The summed E-state index contributed by atoms with van der Waals surface area (Å²) < 4.78 is 1.66. The number of nitrogens with zero attached hydrogens (tertiary/aromatic N) is 5. The first-order valence-electron chi connectivity index (χ1n) is 3.49. The number of aromatic nitrogens is 5. The van der Waals surface area contributed by atoms with Crippen molar-refractivity contribution < 1.29 is 0 Å². The summed E-state index contributed by atoms with van der Waals surface area (Å²) in [6.45, 7) is 0. The van der Waals surface area contributed by atoms with E-state index >= 15 is 0 Å². The summed E-state index contributed by atoms with van der Waals surface area (Å²) in [5, 5.41) is 7.54. The van der Waals surface area contributed by atoms with Crippen molar-refractivity contribution in [2.24, 2.45) is 7.05 Å². The van der Waals surface area contributed by atoms with Gasteiger partial charge in [0.05, 0.1) is 12.4 Å². The molecule has 0 aliphatic carbocycles. The normalized spacial score (nSPS) is 10.1. The van der Waals surface area contributed by atoms with Gasteiger partial charge >= 0.3 is 0 Å². The Morgan fingerprint density at radius 2 is 2.17 bits per heavy atom. The lowest BCUT2D eigenvalue weighted by atomic mass is 10.3. The largest absolute Gasteiger partial charge is 0.261 e. The summed E-state index contributed by atoms with van der Waals surface area (Å²) in [5.41, 5.74) is 1.65. The number of hydrogen-bond donors (Lipinski definition) is 0. The zero-order chi connectivity index (χ0) is 8.39. The third kappa shape index (κ3) is 1.05. The predicted molar refractivity (Wildman–Crippen MR) is 42.0 cm³/mol.